The number of ether oxygens (including phenoxy) is 1. The molecular weight excluding hydrogens is 252 g/mol. The van der Waals surface area contributed by atoms with Crippen LogP contribution in [0, 0.1) is 0 Å². The van der Waals surface area contributed by atoms with Gasteiger partial charge >= 0.3 is 6.09 Å². The Bertz CT molecular complexity index is 474. The third-order valence-electron chi connectivity index (χ3n) is 3.39. The lowest BCUT2D eigenvalue weighted by Crippen LogP contribution is -2.34. The van der Waals surface area contributed by atoms with E-state index >= 15 is 0 Å². The van der Waals surface area contributed by atoms with E-state index in [0.29, 0.717) is 6.04 Å². The maximum absolute atomic E-state index is 12.1. The van der Waals surface area contributed by atoms with E-state index in [4.69, 9.17) is 4.74 Å². The summed E-state index contributed by atoms with van der Waals surface area (Å²) in [6.45, 7) is 6.68. The van der Waals surface area contributed by atoms with E-state index in [0.717, 1.165) is 18.7 Å². The number of benzene rings is 1. The van der Waals surface area contributed by atoms with Gasteiger partial charge < -0.3 is 10.1 Å². The van der Waals surface area contributed by atoms with Crippen molar-refractivity contribution in [3.8, 4) is 0 Å². The first-order valence-corrected chi connectivity index (χ1v) is 7.17. The number of hydrogen-bond acceptors (Lipinski definition) is 3. The number of nitrogens with one attached hydrogen (secondary N) is 1. The van der Waals surface area contributed by atoms with Crippen LogP contribution in [0.4, 0.5) is 10.5 Å². The molecule has 0 bridgehead atoms. The molecule has 1 unspecified atom stereocenters. The average molecular weight is 276 g/mol. The maximum atomic E-state index is 12.1. The van der Waals surface area contributed by atoms with E-state index in [1.165, 1.54) is 12.0 Å². The topological polar surface area (TPSA) is 41.6 Å². The summed E-state index contributed by atoms with van der Waals surface area (Å²) >= 11 is 0. The number of hydrogen-bond donors (Lipinski definition) is 1. The summed E-state index contributed by atoms with van der Waals surface area (Å²) in [6, 6.07) is 8.50. The Hall–Kier alpha value is -1.55. The largest absolute Gasteiger partial charge is 0.443 e. The molecule has 1 N–H and O–H groups in total. The number of amides is 1. The molecule has 0 aromatic heterocycles. The quantitative estimate of drug-likeness (QED) is 0.899. The van der Waals surface area contributed by atoms with Crippen LogP contribution in [-0.4, -0.2) is 25.3 Å². The first kappa shape index (κ1) is 14.9. The number of rotatable bonds is 2. The summed E-state index contributed by atoms with van der Waals surface area (Å²) in [5, 5.41) is 3.47. The van der Waals surface area contributed by atoms with E-state index in [1.807, 2.05) is 32.9 Å². The van der Waals surface area contributed by atoms with Crippen molar-refractivity contribution in [2.45, 2.75) is 45.3 Å². The second kappa shape index (κ2) is 5.83. The van der Waals surface area contributed by atoms with E-state index in [9.17, 15) is 4.79 Å². The number of anilines is 1. The lowest BCUT2D eigenvalue weighted by Gasteiger charge is -2.25. The Morgan fingerprint density at radius 1 is 1.40 bits per heavy atom. The Labute approximate surface area is 121 Å². The molecule has 1 aromatic rings. The smallest absolute Gasteiger partial charge is 0.414 e. The molecule has 1 aliphatic heterocycles. The first-order valence-electron chi connectivity index (χ1n) is 7.17. The minimum absolute atomic E-state index is 0.325. The molecule has 1 aliphatic rings. The molecule has 1 amide bonds. The predicted octanol–water partition coefficient (Wildman–Crippen LogP) is 3.48. The molecule has 1 heterocycles. The van der Waals surface area contributed by atoms with Crippen molar-refractivity contribution < 1.29 is 9.53 Å². The summed E-state index contributed by atoms with van der Waals surface area (Å²) in [6.07, 6.45) is 2.03. The summed E-state index contributed by atoms with van der Waals surface area (Å²) in [4.78, 5) is 13.6. The van der Waals surface area contributed by atoms with Gasteiger partial charge in [-0.25, -0.2) is 4.79 Å². The van der Waals surface area contributed by atoms with Crippen LogP contribution < -0.4 is 10.2 Å². The summed E-state index contributed by atoms with van der Waals surface area (Å²) < 4.78 is 5.39. The normalized spacial score (nSPS) is 18.9. The van der Waals surface area contributed by atoms with Gasteiger partial charge in [0, 0.05) is 18.8 Å². The highest BCUT2D eigenvalue weighted by atomic mass is 16.6. The zero-order valence-electron chi connectivity index (χ0n) is 12.8. The fourth-order valence-electron chi connectivity index (χ4n) is 2.36. The summed E-state index contributed by atoms with van der Waals surface area (Å²) in [5.41, 5.74) is 1.62. The van der Waals surface area contributed by atoms with Crippen molar-refractivity contribution in [1.29, 1.82) is 0 Å². The van der Waals surface area contributed by atoms with Crippen molar-refractivity contribution in [2.75, 3.05) is 18.5 Å². The van der Waals surface area contributed by atoms with Gasteiger partial charge in [-0.2, -0.15) is 0 Å². The lowest BCUT2D eigenvalue weighted by molar-refractivity contribution is 0.0589. The molecule has 0 saturated carbocycles. The fraction of sp³-hybridized carbons (Fsp3) is 0.562. The van der Waals surface area contributed by atoms with Crippen molar-refractivity contribution in [3.63, 3.8) is 0 Å². The second-order valence-electron chi connectivity index (χ2n) is 6.28. The monoisotopic (exact) mass is 276 g/mol. The first-order chi connectivity index (χ1) is 9.37. The van der Waals surface area contributed by atoms with Gasteiger partial charge in [0.2, 0.25) is 0 Å². The molecule has 2 rings (SSSR count). The predicted molar refractivity (Wildman–Crippen MR) is 81.1 cm³/mol. The van der Waals surface area contributed by atoms with Gasteiger partial charge in [0.1, 0.15) is 5.60 Å². The van der Waals surface area contributed by atoms with Crippen molar-refractivity contribution in [3.05, 3.63) is 29.8 Å². The minimum atomic E-state index is -0.476. The van der Waals surface area contributed by atoms with Gasteiger partial charge in [0.15, 0.2) is 0 Å². The minimum Gasteiger partial charge on any atom is -0.443 e. The second-order valence-corrected chi connectivity index (χ2v) is 6.28. The van der Waals surface area contributed by atoms with Crippen LogP contribution in [0.5, 0.6) is 0 Å². The summed E-state index contributed by atoms with van der Waals surface area (Å²) in [5.74, 6) is 0. The van der Waals surface area contributed by atoms with Gasteiger partial charge in [-0.3, -0.25) is 4.90 Å². The van der Waals surface area contributed by atoms with Crippen molar-refractivity contribution in [2.24, 2.45) is 0 Å². The molecule has 0 aliphatic carbocycles. The molecule has 1 saturated heterocycles. The number of carbonyl (C=O) groups is 1. The van der Waals surface area contributed by atoms with Crippen LogP contribution in [0.25, 0.3) is 0 Å². The van der Waals surface area contributed by atoms with Crippen LogP contribution in [0.3, 0.4) is 0 Å². The summed E-state index contributed by atoms with van der Waals surface area (Å²) in [7, 11) is 1.75. The molecule has 4 nitrogen and oxygen atoms in total. The molecule has 0 spiro atoms. The Balaban J connectivity index is 2.11. The van der Waals surface area contributed by atoms with E-state index < -0.39 is 5.60 Å². The zero-order valence-corrected chi connectivity index (χ0v) is 12.8. The van der Waals surface area contributed by atoms with Crippen LogP contribution >= 0.6 is 0 Å². The molecule has 1 fully saturated rings. The van der Waals surface area contributed by atoms with Gasteiger partial charge in [0.05, 0.1) is 0 Å². The Kier molecular flexibility index (Phi) is 4.33. The van der Waals surface area contributed by atoms with Crippen LogP contribution in [0.2, 0.25) is 0 Å². The molecular formula is C16H24N2O2. The van der Waals surface area contributed by atoms with Gasteiger partial charge in [-0.05, 0) is 57.9 Å². The Morgan fingerprint density at radius 2 is 2.15 bits per heavy atom. The van der Waals surface area contributed by atoms with Crippen molar-refractivity contribution in [1.82, 2.24) is 5.32 Å². The Morgan fingerprint density at radius 3 is 2.75 bits per heavy atom. The number of carbonyl (C=O) groups excluding carboxylic acids is 1. The zero-order chi connectivity index (χ0) is 14.8. The molecule has 110 valence electrons. The SMILES string of the molecule is CN(C(=O)OC(C)(C)C)c1cccc(C2CCCN2)c1. The molecule has 1 aromatic carbocycles. The fourth-order valence-corrected chi connectivity index (χ4v) is 2.36. The third kappa shape index (κ3) is 3.73. The van der Waals surface area contributed by atoms with Crippen LogP contribution in [0.15, 0.2) is 24.3 Å². The molecule has 1 atom stereocenters. The van der Waals surface area contributed by atoms with Gasteiger partial charge in [-0.1, -0.05) is 12.1 Å². The van der Waals surface area contributed by atoms with E-state index in [1.54, 1.807) is 11.9 Å². The van der Waals surface area contributed by atoms with Crippen LogP contribution in [0.1, 0.15) is 45.2 Å². The number of nitrogens with zero attached hydrogens (tertiary/aromatic N) is 1. The average Bonchev–Trinajstić information content (AvgIpc) is 2.90. The lowest BCUT2D eigenvalue weighted by atomic mass is 10.0. The van der Waals surface area contributed by atoms with Crippen LogP contribution in [-0.2, 0) is 4.74 Å². The molecule has 20 heavy (non-hydrogen) atoms. The third-order valence-corrected chi connectivity index (χ3v) is 3.39. The van der Waals surface area contributed by atoms with Crippen molar-refractivity contribution >= 4 is 11.8 Å². The van der Waals surface area contributed by atoms with E-state index in [2.05, 4.69) is 17.4 Å². The highest BCUT2D eigenvalue weighted by Crippen LogP contribution is 2.26. The van der Waals surface area contributed by atoms with E-state index in [-0.39, 0.29) is 6.09 Å². The molecule has 0 radical (unpaired) electrons. The molecule has 4 heteroatoms. The van der Waals surface area contributed by atoms with Gasteiger partial charge in [0.25, 0.3) is 0 Å². The highest BCUT2D eigenvalue weighted by Gasteiger charge is 2.22. The van der Waals surface area contributed by atoms with Gasteiger partial charge in [-0.15, -0.1) is 0 Å². The maximum Gasteiger partial charge on any atom is 0.414 e. The standard InChI is InChI=1S/C16H24N2O2/c1-16(2,3)20-15(19)18(4)13-8-5-7-12(11-13)14-9-6-10-17-14/h5,7-8,11,14,17H,6,9-10H2,1-4H3. The highest BCUT2D eigenvalue weighted by molar-refractivity contribution is 5.87.